The Morgan fingerprint density at radius 3 is 1.82 bits per heavy atom. The first-order valence-corrected chi connectivity index (χ1v) is 7.37. The van der Waals surface area contributed by atoms with Crippen molar-refractivity contribution in [1.82, 2.24) is 0 Å². The molecule has 0 saturated carbocycles. The van der Waals surface area contributed by atoms with Crippen LogP contribution in [0.15, 0.2) is 84.9 Å². The van der Waals surface area contributed by atoms with Crippen LogP contribution in [-0.4, -0.2) is 7.11 Å². The molecule has 0 N–H and O–H groups in total. The number of rotatable bonds is 5. The van der Waals surface area contributed by atoms with E-state index in [0.29, 0.717) is 0 Å². The highest BCUT2D eigenvalue weighted by atomic mass is 16.5. The maximum absolute atomic E-state index is 5.25. The largest absolute Gasteiger partial charge is 0.497 e. The molecule has 22 heavy (non-hydrogen) atoms. The third kappa shape index (κ3) is 3.29. The van der Waals surface area contributed by atoms with E-state index in [4.69, 9.17) is 4.74 Å². The fourth-order valence-corrected chi connectivity index (χ4v) is 2.47. The quantitative estimate of drug-likeness (QED) is 0.653. The van der Waals surface area contributed by atoms with E-state index >= 15 is 0 Å². The molecule has 0 atom stereocenters. The summed E-state index contributed by atoms with van der Waals surface area (Å²) in [5, 5.41) is 0. The average Bonchev–Trinajstić information content (AvgIpc) is 2.61. The van der Waals surface area contributed by atoms with E-state index in [9.17, 15) is 0 Å². The van der Waals surface area contributed by atoms with Crippen LogP contribution >= 0.6 is 0 Å². The van der Waals surface area contributed by atoms with Crippen molar-refractivity contribution in [3.8, 4) is 5.75 Å². The number of nitrogens with zero attached hydrogens (tertiary/aromatic N) is 1. The van der Waals surface area contributed by atoms with Crippen molar-refractivity contribution in [2.24, 2.45) is 0 Å². The van der Waals surface area contributed by atoms with Gasteiger partial charge in [0.15, 0.2) is 0 Å². The molecular weight excluding hydrogens is 270 g/mol. The van der Waals surface area contributed by atoms with Crippen molar-refractivity contribution < 1.29 is 4.74 Å². The molecule has 0 aliphatic carbocycles. The third-order valence-electron chi connectivity index (χ3n) is 3.64. The summed E-state index contributed by atoms with van der Waals surface area (Å²) in [6.45, 7) is 0.831. The minimum Gasteiger partial charge on any atom is -0.497 e. The van der Waals surface area contributed by atoms with Crippen LogP contribution in [-0.2, 0) is 6.54 Å². The van der Waals surface area contributed by atoms with Crippen molar-refractivity contribution in [3.63, 3.8) is 0 Å². The van der Waals surface area contributed by atoms with Gasteiger partial charge in [0.25, 0.3) is 0 Å². The molecule has 2 heteroatoms. The van der Waals surface area contributed by atoms with Gasteiger partial charge in [0, 0.05) is 17.9 Å². The van der Waals surface area contributed by atoms with Crippen LogP contribution in [0.4, 0.5) is 11.4 Å². The fraction of sp³-hybridized carbons (Fsp3) is 0.100. The van der Waals surface area contributed by atoms with Gasteiger partial charge < -0.3 is 9.64 Å². The molecule has 0 aliphatic heterocycles. The smallest absolute Gasteiger partial charge is 0.119 e. The van der Waals surface area contributed by atoms with Crippen molar-refractivity contribution in [1.29, 1.82) is 0 Å². The summed E-state index contributed by atoms with van der Waals surface area (Å²) in [6.07, 6.45) is 0. The second kappa shape index (κ2) is 6.81. The van der Waals surface area contributed by atoms with Crippen LogP contribution in [0.2, 0.25) is 0 Å². The molecule has 110 valence electrons. The molecule has 0 saturated heterocycles. The van der Waals surface area contributed by atoms with Crippen LogP contribution in [0.3, 0.4) is 0 Å². The molecule has 3 aromatic carbocycles. The molecule has 0 bridgehead atoms. The van der Waals surface area contributed by atoms with E-state index in [-0.39, 0.29) is 0 Å². The van der Waals surface area contributed by atoms with Gasteiger partial charge in [-0.2, -0.15) is 0 Å². The zero-order valence-corrected chi connectivity index (χ0v) is 12.6. The maximum Gasteiger partial charge on any atom is 0.119 e. The zero-order chi connectivity index (χ0) is 15.2. The van der Waals surface area contributed by atoms with Gasteiger partial charge >= 0.3 is 0 Å². The van der Waals surface area contributed by atoms with Crippen molar-refractivity contribution in [2.45, 2.75) is 6.54 Å². The molecule has 3 rings (SSSR count). The Bertz CT molecular complexity index is 693. The molecule has 0 radical (unpaired) electrons. The Morgan fingerprint density at radius 2 is 1.23 bits per heavy atom. The second-order valence-electron chi connectivity index (χ2n) is 5.11. The van der Waals surface area contributed by atoms with Gasteiger partial charge in [-0.15, -0.1) is 0 Å². The first kappa shape index (κ1) is 14.2. The molecular formula is C20H19NO. The first-order valence-electron chi connectivity index (χ1n) is 7.37. The Labute approximate surface area is 131 Å². The van der Waals surface area contributed by atoms with Gasteiger partial charge in [-0.3, -0.25) is 0 Å². The number of anilines is 2. The zero-order valence-electron chi connectivity index (χ0n) is 12.6. The highest BCUT2D eigenvalue weighted by molar-refractivity contribution is 5.64. The standard InChI is InChI=1S/C20H19NO/c1-22-20-14-12-19(13-15-20)21(18-10-6-3-7-11-18)16-17-8-4-2-5-9-17/h2-15H,16H2,1H3. The van der Waals surface area contributed by atoms with Gasteiger partial charge in [0.05, 0.1) is 7.11 Å². The summed E-state index contributed by atoms with van der Waals surface area (Å²) in [7, 11) is 1.69. The Balaban J connectivity index is 1.95. The number of ether oxygens (including phenoxy) is 1. The van der Waals surface area contributed by atoms with Crippen LogP contribution in [0.25, 0.3) is 0 Å². The van der Waals surface area contributed by atoms with Crippen molar-refractivity contribution in [2.75, 3.05) is 12.0 Å². The predicted octanol–water partition coefficient (Wildman–Crippen LogP) is 5.03. The highest BCUT2D eigenvalue weighted by Gasteiger charge is 2.10. The predicted molar refractivity (Wildman–Crippen MR) is 91.7 cm³/mol. The summed E-state index contributed by atoms with van der Waals surface area (Å²) in [5.74, 6) is 0.872. The molecule has 0 heterocycles. The van der Waals surface area contributed by atoms with Crippen molar-refractivity contribution >= 4 is 11.4 Å². The minimum absolute atomic E-state index is 0.831. The van der Waals surface area contributed by atoms with Crippen molar-refractivity contribution in [3.05, 3.63) is 90.5 Å². The van der Waals surface area contributed by atoms with E-state index in [1.165, 1.54) is 11.3 Å². The third-order valence-corrected chi connectivity index (χ3v) is 3.64. The number of para-hydroxylation sites is 1. The van der Waals surface area contributed by atoms with Crippen LogP contribution in [0.1, 0.15) is 5.56 Å². The Morgan fingerprint density at radius 1 is 0.682 bits per heavy atom. The molecule has 0 fully saturated rings. The lowest BCUT2D eigenvalue weighted by molar-refractivity contribution is 0.415. The average molecular weight is 289 g/mol. The number of hydrogen-bond acceptors (Lipinski definition) is 2. The molecule has 0 amide bonds. The lowest BCUT2D eigenvalue weighted by Gasteiger charge is -2.25. The number of benzene rings is 3. The topological polar surface area (TPSA) is 12.5 Å². The number of methoxy groups -OCH3 is 1. The van der Waals surface area contributed by atoms with E-state index in [0.717, 1.165) is 18.0 Å². The number of hydrogen-bond donors (Lipinski definition) is 0. The lowest BCUT2D eigenvalue weighted by atomic mass is 10.1. The SMILES string of the molecule is COc1ccc(N(Cc2ccccc2)c2ccccc2)cc1. The molecule has 2 nitrogen and oxygen atoms in total. The Kier molecular flexibility index (Phi) is 4.40. The van der Waals surface area contributed by atoms with E-state index < -0.39 is 0 Å². The molecule has 0 spiro atoms. The van der Waals surface area contributed by atoms with E-state index in [1.54, 1.807) is 7.11 Å². The summed E-state index contributed by atoms with van der Waals surface area (Å²) in [6, 6.07) is 29.1. The summed E-state index contributed by atoms with van der Waals surface area (Å²) < 4.78 is 5.25. The maximum atomic E-state index is 5.25. The summed E-state index contributed by atoms with van der Waals surface area (Å²) in [4.78, 5) is 2.30. The monoisotopic (exact) mass is 289 g/mol. The highest BCUT2D eigenvalue weighted by Crippen LogP contribution is 2.28. The van der Waals surface area contributed by atoms with E-state index in [1.807, 2.05) is 24.3 Å². The van der Waals surface area contributed by atoms with Gasteiger partial charge in [-0.25, -0.2) is 0 Å². The van der Waals surface area contributed by atoms with Crippen LogP contribution < -0.4 is 9.64 Å². The van der Waals surface area contributed by atoms with E-state index in [2.05, 4.69) is 65.6 Å². The lowest BCUT2D eigenvalue weighted by Crippen LogP contribution is -2.16. The summed E-state index contributed by atoms with van der Waals surface area (Å²) >= 11 is 0. The fourth-order valence-electron chi connectivity index (χ4n) is 2.47. The second-order valence-corrected chi connectivity index (χ2v) is 5.11. The summed E-state index contributed by atoms with van der Waals surface area (Å²) in [5.41, 5.74) is 3.61. The normalized spacial score (nSPS) is 10.2. The first-order chi connectivity index (χ1) is 10.9. The molecule has 0 aromatic heterocycles. The van der Waals surface area contributed by atoms with Gasteiger partial charge in [-0.05, 0) is 42.0 Å². The minimum atomic E-state index is 0.831. The van der Waals surface area contributed by atoms with Crippen LogP contribution in [0, 0.1) is 0 Å². The molecule has 0 aliphatic rings. The Hall–Kier alpha value is -2.74. The molecule has 0 unspecified atom stereocenters. The van der Waals surface area contributed by atoms with Gasteiger partial charge in [0.2, 0.25) is 0 Å². The van der Waals surface area contributed by atoms with Gasteiger partial charge in [0.1, 0.15) is 5.75 Å². The van der Waals surface area contributed by atoms with Crippen LogP contribution in [0.5, 0.6) is 5.75 Å². The molecule has 3 aromatic rings. The van der Waals surface area contributed by atoms with Gasteiger partial charge in [-0.1, -0.05) is 48.5 Å².